The molecule has 1 heterocycles. The Morgan fingerprint density at radius 1 is 1.54 bits per heavy atom. The standard InChI is InChI=1S/C7H7F3N2S/c8-7(9,10)4-12-3-1-2-5(12)6(11)13/h1-3H,4H2,(H2,11,13). The number of alkyl halides is 3. The molecule has 0 radical (unpaired) electrons. The first-order chi connectivity index (χ1) is 5.90. The fraction of sp³-hybridized carbons (Fsp3) is 0.286. The van der Waals surface area contributed by atoms with Gasteiger partial charge in [-0.1, -0.05) is 12.2 Å². The maximum Gasteiger partial charge on any atom is 0.406 e. The van der Waals surface area contributed by atoms with Crippen molar-refractivity contribution in [2.45, 2.75) is 12.7 Å². The molecule has 0 aliphatic rings. The van der Waals surface area contributed by atoms with Crippen molar-refractivity contribution in [3.05, 3.63) is 24.0 Å². The van der Waals surface area contributed by atoms with E-state index in [1.807, 2.05) is 0 Å². The first-order valence-electron chi connectivity index (χ1n) is 3.42. The van der Waals surface area contributed by atoms with Gasteiger partial charge in [-0.15, -0.1) is 0 Å². The topological polar surface area (TPSA) is 30.9 Å². The van der Waals surface area contributed by atoms with Gasteiger partial charge in [0.25, 0.3) is 0 Å². The summed E-state index contributed by atoms with van der Waals surface area (Å²) in [5.41, 5.74) is 5.45. The Bertz CT molecular complexity index is 316. The van der Waals surface area contributed by atoms with Crippen LogP contribution in [0.4, 0.5) is 13.2 Å². The van der Waals surface area contributed by atoms with E-state index in [4.69, 9.17) is 5.73 Å². The maximum absolute atomic E-state index is 12.0. The molecule has 2 nitrogen and oxygen atoms in total. The summed E-state index contributed by atoms with van der Waals surface area (Å²) in [6.07, 6.45) is -2.96. The third-order valence-electron chi connectivity index (χ3n) is 1.43. The van der Waals surface area contributed by atoms with Gasteiger partial charge < -0.3 is 10.3 Å². The molecular formula is C7H7F3N2S. The minimum atomic E-state index is -4.25. The SMILES string of the molecule is NC(=S)c1cccn1CC(F)(F)F. The van der Waals surface area contributed by atoms with E-state index in [0.29, 0.717) is 0 Å². The first kappa shape index (κ1) is 10.0. The van der Waals surface area contributed by atoms with E-state index >= 15 is 0 Å². The van der Waals surface area contributed by atoms with Crippen molar-refractivity contribution < 1.29 is 13.2 Å². The molecule has 0 aliphatic heterocycles. The monoisotopic (exact) mass is 208 g/mol. The van der Waals surface area contributed by atoms with Crippen LogP contribution < -0.4 is 5.73 Å². The average molecular weight is 208 g/mol. The quantitative estimate of drug-likeness (QED) is 0.750. The molecule has 0 aliphatic carbocycles. The van der Waals surface area contributed by atoms with Crippen LogP contribution >= 0.6 is 12.2 Å². The van der Waals surface area contributed by atoms with Crippen molar-refractivity contribution in [2.75, 3.05) is 0 Å². The molecule has 0 atom stereocenters. The number of thiocarbonyl (C=S) groups is 1. The summed E-state index contributed by atoms with van der Waals surface area (Å²) < 4.78 is 36.8. The van der Waals surface area contributed by atoms with Gasteiger partial charge in [0.1, 0.15) is 11.5 Å². The normalized spacial score (nSPS) is 11.6. The maximum atomic E-state index is 12.0. The van der Waals surface area contributed by atoms with Crippen LogP contribution in [0.25, 0.3) is 0 Å². The Morgan fingerprint density at radius 3 is 2.62 bits per heavy atom. The molecule has 2 N–H and O–H groups in total. The molecule has 0 amide bonds. The van der Waals surface area contributed by atoms with E-state index in [0.717, 1.165) is 4.57 Å². The molecule has 0 spiro atoms. The molecule has 0 aromatic carbocycles. The van der Waals surface area contributed by atoms with Crippen LogP contribution in [0, 0.1) is 0 Å². The number of nitrogens with zero attached hydrogens (tertiary/aromatic N) is 1. The molecule has 1 aromatic heterocycles. The Kier molecular flexibility index (Phi) is 2.60. The molecule has 0 saturated heterocycles. The van der Waals surface area contributed by atoms with Gasteiger partial charge in [0, 0.05) is 6.20 Å². The van der Waals surface area contributed by atoms with Crippen molar-refractivity contribution in [3.8, 4) is 0 Å². The molecule has 72 valence electrons. The molecule has 0 unspecified atom stereocenters. The fourth-order valence-corrected chi connectivity index (χ4v) is 1.15. The van der Waals surface area contributed by atoms with Gasteiger partial charge in [-0.25, -0.2) is 0 Å². The van der Waals surface area contributed by atoms with Crippen molar-refractivity contribution in [1.82, 2.24) is 4.57 Å². The molecule has 1 aromatic rings. The highest BCUT2D eigenvalue weighted by Crippen LogP contribution is 2.18. The summed E-state index contributed by atoms with van der Waals surface area (Å²) >= 11 is 4.58. The van der Waals surface area contributed by atoms with Crippen LogP contribution in [0.1, 0.15) is 5.69 Å². The Balaban J connectivity index is 2.89. The zero-order valence-electron chi connectivity index (χ0n) is 6.51. The van der Waals surface area contributed by atoms with Crippen LogP contribution in [0.15, 0.2) is 18.3 Å². The van der Waals surface area contributed by atoms with E-state index in [1.54, 1.807) is 0 Å². The van der Waals surface area contributed by atoms with Gasteiger partial charge in [-0.05, 0) is 12.1 Å². The largest absolute Gasteiger partial charge is 0.406 e. The molecule has 0 bridgehead atoms. The third kappa shape index (κ3) is 2.73. The van der Waals surface area contributed by atoms with Crippen molar-refractivity contribution in [2.24, 2.45) is 5.73 Å². The van der Waals surface area contributed by atoms with Gasteiger partial charge in [-0.3, -0.25) is 0 Å². The van der Waals surface area contributed by atoms with E-state index in [-0.39, 0.29) is 10.7 Å². The predicted octanol–water partition coefficient (Wildman–Crippen LogP) is 1.68. The zero-order chi connectivity index (χ0) is 10.1. The molecular weight excluding hydrogens is 201 g/mol. The number of rotatable bonds is 2. The van der Waals surface area contributed by atoms with Crippen LogP contribution in [-0.4, -0.2) is 15.7 Å². The van der Waals surface area contributed by atoms with E-state index in [1.165, 1.54) is 18.3 Å². The lowest BCUT2D eigenvalue weighted by molar-refractivity contribution is -0.140. The number of nitrogens with two attached hydrogens (primary N) is 1. The number of hydrogen-bond acceptors (Lipinski definition) is 1. The van der Waals surface area contributed by atoms with E-state index < -0.39 is 12.7 Å². The number of halogens is 3. The first-order valence-corrected chi connectivity index (χ1v) is 3.82. The second-order valence-electron chi connectivity index (χ2n) is 2.50. The highest BCUT2D eigenvalue weighted by atomic mass is 32.1. The molecule has 6 heteroatoms. The lowest BCUT2D eigenvalue weighted by Crippen LogP contribution is -2.22. The highest BCUT2D eigenvalue weighted by Gasteiger charge is 2.28. The molecule has 1 rings (SSSR count). The average Bonchev–Trinajstić information content (AvgIpc) is 2.31. The minimum Gasteiger partial charge on any atom is -0.388 e. The second kappa shape index (κ2) is 3.37. The summed E-state index contributed by atoms with van der Waals surface area (Å²) in [5.74, 6) is 0. The number of aromatic nitrogens is 1. The summed E-state index contributed by atoms with van der Waals surface area (Å²) in [6, 6.07) is 2.92. The van der Waals surface area contributed by atoms with E-state index in [2.05, 4.69) is 12.2 Å². The summed E-state index contributed by atoms with van der Waals surface area (Å²) in [5, 5.41) is 0. The third-order valence-corrected chi connectivity index (χ3v) is 1.64. The van der Waals surface area contributed by atoms with Gasteiger partial charge in [0.2, 0.25) is 0 Å². The minimum absolute atomic E-state index is 0.0331. The summed E-state index contributed by atoms with van der Waals surface area (Å²) in [7, 11) is 0. The lowest BCUT2D eigenvalue weighted by Gasteiger charge is -2.10. The highest BCUT2D eigenvalue weighted by molar-refractivity contribution is 7.80. The van der Waals surface area contributed by atoms with Gasteiger partial charge >= 0.3 is 6.18 Å². The smallest absolute Gasteiger partial charge is 0.388 e. The summed E-state index contributed by atoms with van der Waals surface area (Å²) in [6.45, 7) is -1.06. The van der Waals surface area contributed by atoms with Crippen LogP contribution in [-0.2, 0) is 6.54 Å². The van der Waals surface area contributed by atoms with Crippen molar-refractivity contribution in [3.63, 3.8) is 0 Å². The zero-order valence-corrected chi connectivity index (χ0v) is 7.32. The molecule has 0 saturated carbocycles. The van der Waals surface area contributed by atoms with Gasteiger partial charge in [-0.2, -0.15) is 13.2 Å². The summed E-state index contributed by atoms with van der Waals surface area (Å²) in [4.78, 5) is -0.0331. The lowest BCUT2D eigenvalue weighted by atomic mass is 10.4. The van der Waals surface area contributed by atoms with Crippen molar-refractivity contribution >= 4 is 17.2 Å². The Hall–Kier alpha value is -1.04. The number of hydrogen-bond donors (Lipinski definition) is 1. The Labute approximate surface area is 78.1 Å². The Morgan fingerprint density at radius 2 is 2.15 bits per heavy atom. The van der Waals surface area contributed by atoms with Crippen LogP contribution in [0.5, 0.6) is 0 Å². The molecule has 0 fully saturated rings. The molecule has 13 heavy (non-hydrogen) atoms. The van der Waals surface area contributed by atoms with Gasteiger partial charge in [0.15, 0.2) is 0 Å². The van der Waals surface area contributed by atoms with Crippen LogP contribution in [0.2, 0.25) is 0 Å². The van der Waals surface area contributed by atoms with E-state index in [9.17, 15) is 13.2 Å². The van der Waals surface area contributed by atoms with Gasteiger partial charge in [0.05, 0.1) is 5.69 Å². The second-order valence-corrected chi connectivity index (χ2v) is 2.94. The predicted molar refractivity (Wildman–Crippen MR) is 46.4 cm³/mol. The van der Waals surface area contributed by atoms with Crippen molar-refractivity contribution in [1.29, 1.82) is 0 Å². The van der Waals surface area contributed by atoms with Crippen LogP contribution in [0.3, 0.4) is 0 Å². The fourth-order valence-electron chi connectivity index (χ4n) is 0.969.